The van der Waals surface area contributed by atoms with Crippen LogP contribution in [0.3, 0.4) is 0 Å². The van der Waals surface area contributed by atoms with E-state index in [0.29, 0.717) is 17.0 Å². The molecule has 1 spiro atoms. The van der Waals surface area contributed by atoms with Crippen LogP contribution in [0.15, 0.2) is 47.3 Å². The van der Waals surface area contributed by atoms with Gasteiger partial charge in [-0.15, -0.1) is 11.8 Å². The molecule has 2 aliphatic carbocycles. The Morgan fingerprint density at radius 3 is 2.26 bits per heavy atom. The molecule has 10 heteroatoms. The number of benzene rings is 1. The Bertz CT molecular complexity index is 1290. The van der Waals surface area contributed by atoms with Gasteiger partial charge in [-0.05, 0) is 37.0 Å². The van der Waals surface area contributed by atoms with Gasteiger partial charge in [0.15, 0.2) is 5.78 Å². The van der Waals surface area contributed by atoms with Crippen molar-refractivity contribution < 1.29 is 19.5 Å². The zero-order chi connectivity index (χ0) is 28.4. The highest BCUT2D eigenvalue weighted by atomic mass is 35.5. The minimum absolute atomic E-state index is 0.132. The fraction of sp³-hybridized carbons (Fsp3) is 0.448. The number of nitrogens with zero attached hydrogens (tertiary/aromatic N) is 1. The number of carbonyl (C=O) groups excluding carboxylic acids is 2. The third kappa shape index (κ3) is 5.83. The number of halogens is 2. The molecule has 4 rings (SSSR count). The van der Waals surface area contributed by atoms with E-state index in [1.807, 2.05) is 20.8 Å². The van der Waals surface area contributed by atoms with Crippen LogP contribution in [-0.2, 0) is 16.0 Å². The number of pyridine rings is 1. The van der Waals surface area contributed by atoms with Gasteiger partial charge < -0.3 is 15.7 Å². The van der Waals surface area contributed by atoms with Crippen molar-refractivity contribution in [1.82, 2.24) is 10.3 Å². The lowest BCUT2D eigenvalue weighted by molar-refractivity contribution is -0.145. The first-order valence-corrected chi connectivity index (χ1v) is 14.8. The van der Waals surface area contributed by atoms with Gasteiger partial charge in [0, 0.05) is 35.4 Å². The molecular weight excluding hydrogens is 557 g/mol. The predicted molar refractivity (Wildman–Crippen MR) is 156 cm³/mol. The van der Waals surface area contributed by atoms with Gasteiger partial charge in [-0.3, -0.25) is 14.6 Å². The van der Waals surface area contributed by atoms with Crippen LogP contribution < -0.4 is 10.6 Å². The molecule has 0 aliphatic heterocycles. The lowest BCUT2D eigenvalue weighted by atomic mass is 9.61. The molecule has 208 valence electrons. The number of carbonyl (C=O) groups is 3. The molecule has 2 aliphatic rings. The fourth-order valence-electron chi connectivity index (χ4n) is 5.41. The standard InChI is InChI=1S/C29H33Cl2N3O4S/c1-4-29(27(37)38,34-24-23(39-17(2)3)25(35)28(24)12-6-5-7-13-28)14-18-8-10-19(11-9-18)33-26(36)22-20(30)15-32-16-21(22)31/h8-11,15-17,34H,4-7,12-14H2,1-3H3,(H,33,36)(H,37,38)/t29-/m0/s1. The average molecular weight is 591 g/mol. The number of hydrogen-bond donors (Lipinski definition) is 3. The molecule has 39 heavy (non-hydrogen) atoms. The largest absolute Gasteiger partial charge is 0.479 e. The van der Waals surface area contributed by atoms with E-state index in [1.54, 1.807) is 24.3 Å². The fourth-order valence-corrected chi connectivity index (χ4v) is 7.08. The molecule has 1 aromatic heterocycles. The van der Waals surface area contributed by atoms with Gasteiger partial charge in [0.25, 0.3) is 5.91 Å². The van der Waals surface area contributed by atoms with Crippen LogP contribution in [0.5, 0.6) is 0 Å². The van der Waals surface area contributed by atoms with Gasteiger partial charge in [0.1, 0.15) is 5.54 Å². The Balaban J connectivity index is 1.57. The molecule has 1 saturated carbocycles. The van der Waals surface area contributed by atoms with Crippen LogP contribution in [0.25, 0.3) is 0 Å². The third-order valence-electron chi connectivity index (χ3n) is 7.58. The maximum Gasteiger partial charge on any atom is 0.329 e. The van der Waals surface area contributed by atoms with Crippen LogP contribution in [0.2, 0.25) is 10.0 Å². The lowest BCUT2D eigenvalue weighted by Gasteiger charge is -2.49. The molecule has 0 unspecified atom stereocenters. The Labute approximate surface area is 243 Å². The molecule has 7 nitrogen and oxygen atoms in total. The number of aliphatic carboxylic acids is 1. The van der Waals surface area contributed by atoms with Crippen molar-refractivity contribution in [2.45, 2.75) is 76.5 Å². The summed E-state index contributed by atoms with van der Waals surface area (Å²) in [6.45, 7) is 5.92. The van der Waals surface area contributed by atoms with Gasteiger partial charge in [-0.1, -0.05) is 75.4 Å². The number of allylic oxidation sites excluding steroid dienone is 2. The predicted octanol–water partition coefficient (Wildman–Crippen LogP) is 6.89. The number of hydrogen-bond acceptors (Lipinski definition) is 6. The van der Waals surface area contributed by atoms with Crippen molar-refractivity contribution >= 4 is 58.3 Å². The Hall–Kier alpha value is -2.55. The summed E-state index contributed by atoms with van der Waals surface area (Å²) in [7, 11) is 0. The van der Waals surface area contributed by atoms with Crippen LogP contribution in [0.1, 0.15) is 75.2 Å². The van der Waals surface area contributed by atoms with Crippen molar-refractivity contribution in [2.24, 2.45) is 5.41 Å². The maximum absolute atomic E-state index is 13.3. The van der Waals surface area contributed by atoms with E-state index in [9.17, 15) is 19.5 Å². The number of carboxylic acid groups (broad SMARTS) is 1. The molecule has 1 atom stereocenters. The number of thioether (sulfide) groups is 1. The molecule has 0 radical (unpaired) electrons. The van der Waals surface area contributed by atoms with Crippen molar-refractivity contribution in [3.8, 4) is 0 Å². The van der Waals surface area contributed by atoms with E-state index >= 15 is 0 Å². The lowest BCUT2D eigenvalue weighted by Crippen LogP contribution is -2.60. The summed E-state index contributed by atoms with van der Waals surface area (Å²) in [4.78, 5) is 43.4. The second-order valence-corrected chi connectivity index (χ2v) is 12.9. The van der Waals surface area contributed by atoms with Gasteiger partial charge in [-0.2, -0.15) is 0 Å². The normalized spacial score (nSPS) is 18.1. The zero-order valence-corrected chi connectivity index (χ0v) is 24.6. The van der Waals surface area contributed by atoms with E-state index in [2.05, 4.69) is 15.6 Å². The summed E-state index contributed by atoms with van der Waals surface area (Å²) in [5, 5.41) is 17.2. The number of nitrogens with one attached hydrogen (secondary N) is 2. The highest BCUT2D eigenvalue weighted by Gasteiger charge is 2.56. The van der Waals surface area contributed by atoms with Gasteiger partial charge >= 0.3 is 5.97 Å². The second-order valence-electron chi connectivity index (χ2n) is 10.5. The van der Waals surface area contributed by atoms with Crippen LogP contribution in [0.4, 0.5) is 5.69 Å². The van der Waals surface area contributed by atoms with Crippen LogP contribution in [-0.4, -0.2) is 38.5 Å². The number of aromatic nitrogens is 1. The zero-order valence-electron chi connectivity index (χ0n) is 22.3. The summed E-state index contributed by atoms with van der Waals surface area (Å²) in [5.41, 5.74) is 0.368. The molecule has 1 heterocycles. The molecule has 1 amide bonds. The first-order chi connectivity index (χ1) is 18.5. The van der Waals surface area contributed by atoms with E-state index in [-0.39, 0.29) is 33.1 Å². The number of ketones is 1. The molecule has 0 bridgehead atoms. The highest BCUT2D eigenvalue weighted by Crippen LogP contribution is 2.56. The second kappa shape index (κ2) is 11.9. The first-order valence-electron chi connectivity index (χ1n) is 13.2. The summed E-state index contributed by atoms with van der Waals surface area (Å²) in [5.74, 6) is -1.27. The van der Waals surface area contributed by atoms with Crippen molar-refractivity contribution in [1.29, 1.82) is 0 Å². The Kier molecular flexibility index (Phi) is 8.98. The summed E-state index contributed by atoms with van der Waals surface area (Å²) < 4.78 is 0. The SMILES string of the molecule is CC[C@@](Cc1ccc(NC(=O)c2c(Cl)cncc2Cl)cc1)(NC1=C(SC(C)C)C(=O)C12CCCCC2)C(=O)O. The molecule has 1 aromatic carbocycles. The van der Waals surface area contributed by atoms with Crippen LogP contribution in [0, 0.1) is 5.41 Å². The number of amides is 1. The monoisotopic (exact) mass is 589 g/mol. The quantitative estimate of drug-likeness (QED) is 0.277. The van der Waals surface area contributed by atoms with E-state index in [0.717, 1.165) is 43.4 Å². The summed E-state index contributed by atoms with van der Waals surface area (Å²) >= 11 is 13.7. The molecular formula is C29H33Cl2N3O4S. The average Bonchev–Trinajstić information content (AvgIpc) is 2.91. The Morgan fingerprint density at radius 2 is 1.72 bits per heavy atom. The van der Waals surface area contributed by atoms with Gasteiger partial charge in [0.2, 0.25) is 0 Å². The summed E-state index contributed by atoms with van der Waals surface area (Å²) in [6, 6.07) is 7.02. The number of rotatable bonds is 10. The van der Waals surface area contributed by atoms with Gasteiger partial charge in [-0.25, -0.2) is 4.79 Å². The number of carboxylic acids is 1. The molecule has 1 fully saturated rings. The minimum atomic E-state index is -1.29. The topological polar surface area (TPSA) is 108 Å². The van der Waals surface area contributed by atoms with E-state index in [1.165, 1.54) is 24.2 Å². The third-order valence-corrected chi connectivity index (χ3v) is 9.25. The van der Waals surface area contributed by atoms with Gasteiger partial charge in [0.05, 0.1) is 25.9 Å². The van der Waals surface area contributed by atoms with E-state index in [4.69, 9.17) is 23.2 Å². The minimum Gasteiger partial charge on any atom is -0.479 e. The van der Waals surface area contributed by atoms with Crippen molar-refractivity contribution in [3.05, 3.63) is 68.4 Å². The van der Waals surface area contributed by atoms with Crippen molar-refractivity contribution in [3.63, 3.8) is 0 Å². The highest BCUT2D eigenvalue weighted by molar-refractivity contribution is 8.04. The van der Waals surface area contributed by atoms with E-state index < -0.39 is 22.8 Å². The number of Topliss-reactive ketones (excluding diaryl/α,β-unsaturated/α-hetero) is 1. The molecule has 2 aromatic rings. The first kappa shape index (κ1) is 29.4. The smallest absolute Gasteiger partial charge is 0.329 e. The maximum atomic E-state index is 13.3. The van der Waals surface area contributed by atoms with Crippen molar-refractivity contribution in [2.75, 3.05) is 5.32 Å². The number of anilines is 1. The molecule has 0 saturated heterocycles. The van der Waals surface area contributed by atoms with Crippen LogP contribution >= 0.6 is 35.0 Å². The summed E-state index contributed by atoms with van der Waals surface area (Å²) in [6.07, 6.45) is 7.78. The molecule has 3 N–H and O–H groups in total. The Morgan fingerprint density at radius 1 is 1.10 bits per heavy atom.